The van der Waals surface area contributed by atoms with E-state index in [2.05, 4.69) is 205 Å². The highest BCUT2D eigenvalue weighted by Crippen LogP contribution is 2.41. The van der Waals surface area contributed by atoms with Gasteiger partial charge in [0, 0.05) is 39.6 Å². The van der Waals surface area contributed by atoms with Crippen molar-refractivity contribution in [2.24, 2.45) is 0 Å². The topological polar surface area (TPSA) is 30.7 Å². The quantitative estimate of drug-likeness (QED) is 0.164. The van der Waals surface area contributed by atoms with Gasteiger partial charge >= 0.3 is 0 Å². The first-order chi connectivity index (χ1) is 29.3. The Morgan fingerprint density at radius 2 is 0.780 bits per heavy atom. The van der Waals surface area contributed by atoms with Crippen LogP contribution in [0.5, 0.6) is 0 Å². The molecule has 0 saturated carbocycles. The monoisotopic (exact) mass is 749 g/mol. The SMILES string of the molecule is c1ccc(-n2c3ccccc3c3cc(-c4ccc(-c5ccc(-c6cccc(-c7ccc8c(c7)c7ccccc7c7nccnc87)c6)cc5)c5ccccc45)ccc32)cc1. The van der Waals surface area contributed by atoms with Gasteiger partial charge in [-0.05, 0) is 109 Å². The van der Waals surface area contributed by atoms with Crippen molar-refractivity contribution in [2.75, 3.05) is 0 Å². The first-order valence-electron chi connectivity index (χ1n) is 20.1. The molecular formula is C56H35N3. The van der Waals surface area contributed by atoms with E-state index in [1.54, 1.807) is 12.4 Å². The molecule has 0 saturated heterocycles. The molecule has 12 rings (SSSR count). The van der Waals surface area contributed by atoms with Crippen molar-refractivity contribution in [2.45, 2.75) is 0 Å². The van der Waals surface area contributed by atoms with Crippen LogP contribution in [0.3, 0.4) is 0 Å². The highest BCUT2D eigenvalue weighted by Gasteiger charge is 2.16. The van der Waals surface area contributed by atoms with Crippen molar-refractivity contribution in [3.05, 3.63) is 213 Å². The predicted molar refractivity (Wildman–Crippen MR) is 248 cm³/mol. The van der Waals surface area contributed by atoms with E-state index in [1.807, 2.05) is 0 Å². The molecule has 0 spiro atoms. The summed E-state index contributed by atoms with van der Waals surface area (Å²) in [6.07, 6.45) is 3.56. The molecule has 0 radical (unpaired) electrons. The lowest BCUT2D eigenvalue weighted by atomic mass is 9.90. The fourth-order valence-corrected chi connectivity index (χ4v) is 9.33. The van der Waals surface area contributed by atoms with Crippen LogP contribution in [0, 0.1) is 0 Å². The maximum absolute atomic E-state index is 4.74. The van der Waals surface area contributed by atoms with Crippen LogP contribution >= 0.6 is 0 Å². The largest absolute Gasteiger partial charge is 0.309 e. The Bertz CT molecular complexity index is 3570. The first-order valence-corrected chi connectivity index (χ1v) is 20.1. The van der Waals surface area contributed by atoms with Crippen molar-refractivity contribution in [1.82, 2.24) is 14.5 Å². The maximum atomic E-state index is 4.74. The van der Waals surface area contributed by atoms with E-state index in [-0.39, 0.29) is 0 Å². The Kier molecular flexibility index (Phi) is 7.54. The normalized spacial score (nSPS) is 11.7. The standard InChI is InChI=1S/C56H35N3/c1-2-13-42(14-3-1)59-53-20-9-8-18-48(53)52-35-41(26-30-54(52)59)44-29-28-43(45-15-4-5-16-46(44)45)37-23-21-36(22-24-37)38-11-10-12-39(33-38)40-25-27-50-51(34-40)47-17-6-7-19-49(47)55-56(50)58-32-31-57-55/h1-35H. The lowest BCUT2D eigenvalue weighted by Crippen LogP contribution is -1.93. The van der Waals surface area contributed by atoms with Gasteiger partial charge in [0.1, 0.15) is 0 Å². The van der Waals surface area contributed by atoms with E-state index in [0.717, 1.165) is 21.8 Å². The number of benzene rings is 10. The van der Waals surface area contributed by atoms with Crippen molar-refractivity contribution in [1.29, 1.82) is 0 Å². The molecule has 2 heterocycles. The minimum absolute atomic E-state index is 0.939. The molecule has 2 aromatic heterocycles. The van der Waals surface area contributed by atoms with E-state index in [4.69, 9.17) is 9.97 Å². The van der Waals surface area contributed by atoms with Crippen molar-refractivity contribution in [3.8, 4) is 50.2 Å². The van der Waals surface area contributed by atoms with E-state index in [9.17, 15) is 0 Å². The highest BCUT2D eigenvalue weighted by atomic mass is 15.0. The summed E-state index contributed by atoms with van der Waals surface area (Å²) in [5.41, 5.74) is 15.1. The lowest BCUT2D eigenvalue weighted by molar-refractivity contribution is 1.18. The average Bonchev–Trinajstić information content (AvgIpc) is 3.65. The van der Waals surface area contributed by atoms with Crippen LogP contribution in [-0.4, -0.2) is 14.5 Å². The first kappa shape index (κ1) is 33.3. The second kappa shape index (κ2) is 13.4. The molecule has 3 heteroatoms. The Labute approximate surface area is 341 Å². The number of hydrogen-bond donors (Lipinski definition) is 0. The van der Waals surface area contributed by atoms with Crippen LogP contribution < -0.4 is 0 Å². The summed E-state index contributed by atoms with van der Waals surface area (Å²) in [4.78, 5) is 9.45. The van der Waals surface area contributed by atoms with E-state index in [1.165, 1.54) is 93.5 Å². The van der Waals surface area contributed by atoms with Crippen LogP contribution in [0.25, 0.3) is 115 Å². The number of nitrogens with zero attached hydrogens (tertiary/aromatic N) is 3. The third-order valence-corrected chi connectivity index (χ3v) is 12.1. The van der Waals surface area contributed by atoms with Crippen molar-refractivity contribution < 1.29 is 0 Å². The van der Waals surface area contributed by atoms with E-state index < -0.39 is 0 Å². The molecule has 0 fully saturated rings. The molecular weight excluding hydrogens is 715 g/mol. The van der Waals surface area contributed by atoms with Gasteiger partial charge in [-0.2, -0.15) is 0 Å². The fourth-order valence-electron chi connectivity index (χ4n) is 9.33. The molecule has 274 valence electrons. The van der Waals surface area contributed by atoms with Gasteiger partial charge < -0.3 is 4.57 Å². The van der Waals surface area contributed by atoms with Gasteiger partial charge in [-0.3, -0.25) is 9.97 Å². The molecule has 0 N–H and O–H groups in total. The molecule has 59 heavy (non-hydrogen) atoms. The summed E-state index contributed by atoms with van der Waals surface area (Å²) in [5.74, 6) is 0. The van der Waals surface area contributed by atoms with Gasteiger partial charge in [-0.1, -0.05) is 158 Å². The van der Waals surface area contributed by atoms with Crippen LogP contribution in [-0.2, 0) is 0 Å². The molecule has 0 amide bonds. The maximum Gasteiger partial charge on any atom is 0.0971 e. The van der Waals surface area contributed by atoms with Gasteiger partial charge in [-0.25, -0.2) is 0 Å². The number of fused-ring (bicyclic) bond motifs is 10. The second-order valence-electron chi connectivity index (χ2n) is 15.3. The fraction of sp³-hybridized carbons (Fsp3) is 0. The Hall–Kier alpha value is -7.88. The van der Waals surface area contributed by atoms with Gasteiger partial charge in [0.15, 0.2) is 0 Å². The molecule has 10 aromatic carbocycles. The summed E-state index contributed by atoms with van der Waals surface area (Å²) < 4.78 is 2.37. The summed E-state index contributed by atoms with van der Waals surface area (Å²) in [5, 5.41) is 9.64. The Balaban J connectivity index is 0.901. The number of aromatic nitrogens is 3. The number of rotatable bonds is 5. The molecule has 12 aromatic rings. The van der Waals surface area contributed by atoms with Crippen molar-refractivity contribution >= 4 is 65.2 Å². The minimum Gasteiger partial charge on any atom is -0.309 e. The third-order valence-electron chi connectivity index (χ3n) is 12.1. The molecule has 0 bridgehead atoms. The number of para-hydroxylation sites is 2. The molecule has 0 aliphatic rings. The zero-order valence-corrected chi connectivity index (χ0v) is 32.0. The zero-order valence-electron chi connectivity index (χ0n) is 32.0. The summed E-state index contributed by atoms with van der Waals surface area (Å²) in [6.45, 7) is 0. The van der Waals surface area contributed by atoms with Crippen LogP contribution in [0.4, 0.5) is 0 Å². The van der Waals surface area contributed by atoms with E-state index in [0.29, 0.717) is 0 Å². The van der Waals surface area contributed by atoms with Crippen LogP contribution in [0.15, 0.2) is 213 Å². The highest BCUT2D eigenvalue weighted by molar-refractivity contribution is 6.23. The second-order valence-corrected chi connectivity index (χ2v) is 15.3. The summed E-state index contributed by atoms with van der Waals surface area (Å²) in [6, 6.07) is 72.9. The number of hydrogen-bond acceptors (Lipinski definition) is 2. The predicted octanol–water partition coefficient (Wildman–Crippen LogP) is 14.9. The van der Waals surface area contributed by atoms with Gasteiger partial charge in [0.25, 0.3) is 0 Å². The van der Waals surface area contributed by atoms with Gasteiger partial charge in [0.2, 0.25) is 0 Å². The lowest BCUT2D eigenvalue weighted by Gasteiger charge is -2.14. The molecule has 0 aliphatic carbocycles. The smallest absolute Gasteiger partial charge is 0.0971 e. The van der Waals surface area contributed by atoms with E-state index >= 15 is 0 Å². The van der Waals surface area contributed by atoms with Gasteiger partial charge in [0.05, 0.1) is 22.1 Å². The Morgan fingerprint density at radius 3 is 1.53 bits per heavy atom. The molecule has 3 nitrogen and oxygen atoms in total. The minimum atomic E-state index is 0.939. The Morgan fingerprint density at radius 1 is 0.271 bits per heavy atom. The van der Waals surface area contributed by atoms with Crippen LogP contribution in [0.2, 0.25) is 0 Å². The summed E-state index contributed by atoms with van der Waals surface area (Å²) in [7, 11) is 0. The molecule has 0 atom stereocenters. The molecule has 0 unspecified atom stereocenters. The van der Waals surface area contributed by atoms with Crippen molar-refractivity contribution in [3.63, 3.8) is 0 Å². The third kappa shape index (κ3) is 5.36. The van der Waals surface area contributed by atoms with Gasteiger partial charge in [-0.15, -0.1) is 0 Å². The molecule has 0 aliphatic heterocycles. The zero-order chi connectivity index (χ0) is 38.9. The average molecular weight is 750 g/mol. The summed E-state index contributed by atoms with van der Waals surface area (Å²) >= 11 is 0. The van der Waals surface area contributed by atoms with Crippen LogP contribution in [0.1, 0.15) is 0 Å².